The molecule has 0 heterocycles. The maximum absolute atomic E-state index is 13.1. The highest BCUT2D eigenvalue weighted by Crippen LogP contribution is 2.29. The van der Waals surface area contributed by atoms with E-state index < -0.39 is 40.6 Å². The smallest absolute Gasteiger partial charge is 0.341 e. The molecule has 0 aliphatic rings. The van der Waals surface area contributed by atoms with Gasteiger partial charge in [-0.3, -0.25) is 0 Å². The molecule has 0 radical (unpaired) electrons. The van der Waals surface area contributed by atoms with E-state index in [0.717, 1.165) is 7.11 Å². The Bertz CT molecular complexity index is 431. The third-order valence-electron chi connectivity index (χ3n) is 1.64. The van der Waals surface area contributed by atoms with Crippen LogP contribution in [-0.4, -0.2) is 18.2 Å². The van der Waals surface area contributed by atoms with Gasteiger partial charge in [0.25, 0.3) is 0 Å². The number of halogens is 4. The summed E-state index contributed by atoms with van der Waals surface area (Å²) in [5, 5.41) is 8.36. The maximum Gasteiger partial charge on any atom is 0.341 e. The normalized spacial score (nSPS) is 10.2. The van der Waals surface area contributed by atoms with Crippen LogP contribution in [-0.2, 0) is 0 Å². The van der Waals surface area contributed by atoms with Crippen LogP contribution in [0.25, 0.3) is 0 Å². The summed E-state index contributed by atoms with van der Waals surface area (Å²) in [5.74, 6) is -11.2. The van der Waals surface area contributed by atoms with Gasteiger partial charge in [-0.1, -0.05) is 0 Å². The minimum Gasteiger partial charge on any atom is -0.491 e. The van der Waals surface area contributed by atoms with E-state index in [1.807, 2.05) is 0 Å². The van der Waals surface area contributed by atoms with Crippen molar-refractivity contribution in [2.24, 2.45) is 0 Å². The molecular weight excluding hydrogens is 220 g/mol. The Balaban J connectivity index is 3.68. The summed E-state index contributed by atoms with van der Waals surface area (Å²) in [7, 11) is 0.796. The molecule has 82 valence electrons. The lowest BCUT2D eigenvalue weighted by Crippen LogP contribution is -2.11. The van der Waals surface area contributed by atoms with Gasteiger partial charge >= 0.3 is 5.97 Å². The van der Waals surface area contributed by atoms with Crippen LogP contribution in [0.4, 0.5) is 17.6 Å². The van der Waals surface area contributed by atoms with E-state index in [2.05, 4.69) is 4.74 Å². The van der Waals surface area contributed by atoms with Gasteiger partial charge in [0.05, 0.1) is 7.11 Å². The molecule has 0 amide bonds. The first-order chi connectivity index (χ1) is 6.91. The summed E-state index contributed by atoms with van der Waals surface area (Å²) in [6.45, 7) is 0. The fourth-order valence-corrected chi connectivity index (χ4v) is 0.979. The molecule has 0 saturated carbocycles. The van der Waals surface area contributed by atoms with Crippen molar-refractivity contribution in [3.63, 3.8) is 0 Å². The summed E-state index contributed by atoms with van der Waals surface area (Å²) >= 11 is 0. The lowest BCUT2D eigenvalue weighted by molar-refractivity contribution is 0.0683. The van der Waals surface area contributed by atoms with E-state index in [4.69, 9.17) is 5.11 Å². The number of carboxylic acid groups (broad SMARTS) is 1. The minimum atomic E-state index is -2.10. The SMILES string of the molecule is COc1c(F)c(F)c(F)c(C(=O)O)c1F. The molecule has 3 nitrogen and oxygen atoms in total. The first-order valence-corrected chi connectivity index (χ1v) is 3.55. The fourth-order valence-electron chi connectivity index (χ4n) is 0.979. The third kappa shape index (κ3) is 1.60. The van der Waals surface area contributed by atoms with Gasteiger partial charge in [-0.05, 0) is 0 Å². The molecule has 1 aromatic carbocycles. The number of rotatable bonds is 2. The van der Waals surface area contributed by atoms with E-state index in [0.29, 0.717) is 0 Å². The summed E-state index contributed by atoms with van der Waals surface area (Å²) in [6.07, 6.45) is 0. The Morgan fingerprint density at radius 2 is 1.60 bits per heavy atom. The van der Waals surface area contributed by atoms with E-state index in [1.54, 1.807) is 0 Å². The van der Waals surface area contributed by atoms with Crippen LogP contribution in [0.5, 0.6) is 5.75 Å². The fraction of sp³-hybridized carbons (Fsp3) is 0.125. The van der Waals surface area contributed by atoms with E-state index in [9.17, 15) is 22.4 Å². The second-order valence-electron chi connectivity index (χ2n) is 2.47. The average molecular weight is 224 g/mol. The number of benzene rings is 1. The second kappa shape index (κ2) is 3.76. The van der Waals surface area contributed by atoms with Crippen molar-refractivity contribution in [3.05, 3.63) is 28.8 Å². The van der Waals surface area contributed by atoms with Crippen LogP contribution in [0.1, 0.15) is 10.4 Å². The van der Waals surface area contributed by atoms with Crippen molar-refractivity contribution in [1.82, 2.24) is 0 Å². The lowest BCUT2D eigenvalue weighted by atomic mass is 10.1. The van der Waals surface area contributed by atoms with Crippen molar-refractivity contribution in [2.45, 2.75) is 0 Å². The van der Waals surface area contributed by atoms with Gasteiger partial charge in [-0.25, -0.2) is 18.0 Å². The van der Waals surface area contributed by atoms with Crippen LogP contribution >= 0.6 is 0 Å². The van der Waals surface area contributed by atoms with Crippen molar-refractivity contribution >= 4 is 5.97 Å². The number of ether oxygens (including phenoxy) is 1. The highest BCUT2D eigenvalue weighted by atomic mass is 19.2. The molecule has 0 atom stereocenters. The van der Waals surface area contributed by atoms with Gasteiger partial charge in [0, 0.05) is 0 Å². The molecule has 0 unspecified atom stereocenters. The van der Waals surface area contributed by atoms with Gasteiger partial charge in [-0.15, -0.1) is 0 Å². The highest BCUT2D eigenvalue weighted by molar-refractivity contribution is 5.89. The zero-order chi connectivity index (χ0) is 11.7. The summed E-state index contributed by atoms with van der Waals surface area (Å²) in [6, 6.07) is 0. The standard InChI is InChI=1S/C8H4F4O3/c1-15-7-4(10)2(8(13)14)3(9)5(11)6(7)12/h1H3,(H,13,14). The zero-order valence-corrected chi connectivity index (χ0v) is 7.28. The molecule has 0 aromatic heterocycles. The average Bonchev–Trinajstić information content (AvgIpc) is 2.15. The predicted molar refractivity (Wildman–Crippen MR) is 39.8 cm³/mol. The van der Waals surface area contributed by atoms with Crippen LogP contribution in [0.15, 0.2) is 0 Å². The largest absolute Gasteiger partial charge is 0.491 e. The number of carboxylic acids is 1. The van der Waals surface area contributed by atoms with Crippen LogP contribution in [0, 0.1) is 23.3 Å². The highest BCUT2D eigenvalue weighted by Gasteiger charge is 2.29. The van der Waals surface area contributed by atoms with Gasteiger partial charge in [0.1, 0.15) is 5.56 Å². The molecule has 0 spiro atoms. The van der Waals surface area contributed by atoms with Crippen LogP contribution in [0.3, 0.4) is 0 Å². The van der Waals surface area contributed by atoms with E-state index in [-0.39, 0.29) is 0 Å². The summed E-state index contributed by atoms with van der Waals surface area (Å²) < 4.78 is 55.5. The molecule has 1 N–H and O–H groups in total. The third-order valence-corrected chi connectivity index (χ3v) is 1.64. The molecule has 1 aromatic rings. The zero-order valence-electron chi connectivity index (χ0n) is 7.28. The second-order valence-corrected chi connectivity index (χ2v) is 2.47. The van der Waals surface area contributed by atoms with Gasteiger partial charge in [0.2, 0.25) is 5.82 Å². The molecule has 7 heteroatoms. The van der Waals surface area contributed by atoms with Crippen molar-refractivity contribution in [3.8, 4) is 5.75 Å². The van der Waals surface area contributed by atoms with Gasteiger partial charge in [-0.2, -0.15) is 4.39 Å². The summed E-state index contributed by atoms with van der Waals surface area (Å²) in [5.41, 5.74) is -1.59. The monoisotopic (exact) mass is 224 g/mol. The Morgan fingerprint density at radius 1 is 1.07 bits per heavy atom. The Labute approximate surface area is 80.9 Å². The molecule has 0 aliphatic carbocycles. The molecule has 0 fully saturated rings. The molecule has 0 aliphatic heterocycles. The van der Waals surface area contributed by atoms with E-state index in [1.165, 1.54) is 0 Å². The number of aromatic carboxylic acids is 1. The first-order valence-electron chi connectivity index (χ1n) is 3.55. The van der Waals surface area contributed by atoms with Crippen LogP contribution < -0.4 is 4.74 Å². The van der Waals surface area contributed by atoms with Gasteiger partial charge in [0.15, 0.2) is 23.2 Å². The number of hydrogen-bond donors (Lipinski definition) is 1. The topological polar surface area (TPSA) is 46.5 Å². The molecule has 0 bridgehead atoms. The Hall–Kier alpha value is -1.79. The van der Waals surface area contributed by atoms with E-state index >= 15 is 0 Å². The molecule has 0 saturated heterocycles. The number of hydrogen-bond acceptors (Lipinski definition) is 2. The number of carbonyl (C=O) groups is 1. The molecule has 1 rings (SSSR count). The molecule has 15 heavy (non-hydrogen) atoms. The summed E-state index contributed by atoms with van der Waals surface area (Å²) in [4.78, 5) is 10.3. The maximum atomic E-state index is 13.1. The first kappa shape index (κ1) is 11.3. The lowest BCUT2D eigenvalue weighted by Gasteiger charge is -2.07. The van der Waals surface area contributed by atoms with Crippen molar-refractivity contribution < 1.29 is 32.2 Å². The quantitative estimate of drug-likeness (QED) is 0.474. The Kier molecular flexibility index (Phi) is 2.83. The van der Waals surface area contributed by atoms with Crippen molar-refractivity contribution in [2.75, 3.05) is 7.11 Å². The minimum absolute atomic E-state index is 0.796. The Morgan fingerprint density at radius 3 is 2.00 bits per heavy atom. The predicted octanol–water partition coefficient (Wildman–Crippen LogP) is 1.95. The van der Waals surface area contributed by atoms with Crippen molar-refractivity contribution in [1.29, 1.82) is 0 Å². The van der Waals surface area contributed by atoms with Gasteiger partial charge < -0.3 is 9.84 Å². The number of methoxy groups -OCH3 is 1. The molecular formula is C8H4F4O3. The van der Waals surface area contributed by atoms with Crippen LogP contribution in [0.2, 0.25) is 0 Å².